The van der Waals surface area contributed by atoms with E-state index in [9.17, 15) is 0 Å². The number of hydrogen-bond acceptors (Lipinski definition) is 3. The fourth-order valence-corrected chi connectivity index (χ4v) is 3.68. The van der Waals surface area contributed by atoms with E-state index in [0.29, 0.717) is 35.5 Å². The quantitative estimate of drug-likeness (QED) is 0.603. The number of nitrogens with one attached hydrogen (secondary N) is 2. The summed E-state index contributed by atoms with van der Waals surface area (Å²) in [6, 6.07) is 8.62. The molecule has 0 aliphatic carbocycles. The molecule has 0 spiro atoms. The van der Waals surface area contributed by atoms with E-state index in [2.05, 4.69) is 15.5 Å². The van der Waals surface area contributed by atoms with Gasteiger partial charge in [0.15, 0.2) is 0 Å². The summed E-state index contributed by atoms with van der Waals surface area (Å²) in [4.78, 5) is 8.28. The molecule has 0 atom stereocenters. The lowest BCUT2D eigenvalue weighted by Gasteiger charge is -2.35. The van der Waals surface area contributed by atoms with Crippen molar-refractivity contribution < 1.29 is 13.6 Å². The first-order valence-electron chi connectivity index (χ1n) is 8.97. The van der Waals surface area contributed by atoms with Crippen LogP contribution in [0.25, 0.3) is 22.0 Å². The summed E-state index contributed by atoms with van der Waals surface area (Å²) in [5.74, 6) is -1.25. The van der Waals surface area contributed by atoms with Gasteiger partial charge in [-0.3, -0.25) is 0 Å². The van der Waals surface area contributed by atoms with Gasteiger partial charge in [-0.25, -0.2) is 8.78 Å². The van der Waals surface area contributed by atoms with E-state index in [1.807, 2.05) is 32.9 Å². The van der Waals surface area contributed by atoms with E-state index in [1.54, 1.807) is 18.3 Å². The van der Waals surface area contributed by atoms with Gasteiger partial charge in [0.1, 0.15) is 18.2 Å². The lowest BCUT2D eigenvalue weighted by atomic mass is 9.85. The van der Waals surface area contributed by atoms with Crippen molar-refractivity contribution in [3.05, 3.63) is 53.7 Å². The molecule has 0 amide bonds. The Kier molecular flexibility index (Phi) is 4.13. The molecule has 2 N–H and O–H groups in total. The zero-order chi connectivity index (χ0) is 19.2. The van der Waals surface area contributed by atoms with Gasteiger partial charge in [-0.05, 0) is 38.3 Å². The minimum atomic E-state index is -0.631. The molecule has 0 fully saturated rings. The topological polar surface area (TPSA) is 49.4 Å². The third-order valence-corrected chi connectivity index (χ3v) is 4.75. The van der Waals surface area contributed by atoms with E-state index in [4.69, 9.17) is 4.84 Å². The van der Waals surface area contributed by atoms with Gasteiger partial charge >= 0.3 is 0 Å². The molecule has 0 unspecified atom stereocenters. The highest BCUT2D eigenvalue weighted by Crippen LogP contribution is 2.40. The van der Waals surface area contributed by atoms with Gasteiger partial charge in [0.05, 0.1) is 22.4 Å². The van der Waals surface area contributed by atoms with Crippen LogP contribution < -0.4 is 5.32 Å². The van der Waals surface area contributed by atoms with Crippen LogP contribution in [0.2, 0.25) is 0 Å². The second kappa shape index (κ2) is 6.37. The normalized spacial score (nSPS) is 17.0. The zero-order valence-electron chi connectivity index (χ0n) is 15.5. The summed E-state index contributed by atoms with van der Waals surface area (Å²) < 4.78 is 30.7. The SMILES string of the molecule is CCO/N=C1\CC(C)(C)Nc2cc(F)c(-c3cccc4cc[nH]c34)c(F)c21. The Morgan fingerprint density at radius 2 is 2.00 bits per heavy atom. The predicted octanol–water partition coefficient (Wildman–Crippen LogP) is 5.45. The molecule has 0 saturated carbocycles. The number of hydrogen-bond donors (Lipinski definition) is 2. The molecule has 140 valence electrons. The number of oxime groups is 1. The Morgan fingerprint density at radius 1 is 1.19 bits per heavy atom. The van der Waals surface area contributed by atoms with Gasteiger partial charge in [-0.1, -0.05) is 23.4 Å². The van der Waals surface area contributed by atoms with Crippen molar-refractivity contribution in [1.29, 1.82) is 0 Å². The van der Waals surface area contributed by atoms with Gasteiger partial charge in [0.25, 0.3) is 0 Å². The number of fused-ring (bicyclic) bond motifs is 2. The molecule has 4 rings (SSSR count). The number of nitrogens with zero attached hydrogens (tertiary/aromatic N) is 1. The summed E-state index contributed by atoms with van der Waals surface area (Å²) in [5, 5.41) is 8.23. The highest BCUT2D eigenvalue weighted by molar-refractivity contribution is 6.09. The van der Waals surface area contributed by atoms with Crippen LogP contribution in [0.3, 0.4) is 0 Å². The molecule has 27 heavy (non-hydrogen) atoms. The smallest absolute Gasteiger partial charge is 0.145 e. The average Bonchev–Trinajstić information content (AvgIpc) is 3.07. The monoisotopic (exact) mass is 369 g/mol. The number of anilines is 1. The number of halogens is 2. The Bertz CT molecular complexity index is 1050. The summed E-state index contributed by atoms with van der Waals surface area (Å²) in [6.45, 7) is 6.11. The molecular weight excluding hydrogens is 348 g/mol. The maximum absolute atomic E-state index is 15.6. The minimum Gasteiger partial charge on any atom is -0.396 e. The van der Waals surface area contributed by atoms with E-state index >= 15 is 8.78 Å². The Labute approximate surface area is 156 Å². The molecule has 6 heteroatoms. The van der Waals surface area contributed by atoms with Crippen molar-refractivity contribution in [2.75, 3.05) is 11.9 Å². The molecule has 0 radical (unpaired) electrons. The molecular formula is C21H21F2N3O. The third-order valence-electron chi connectivity index (χ3n) is 4.75. The van der Waals surface area contributed by atoms with E-state index in [1.165, 1.54) is 6.07 Å². The first-order chi connectivity index (χ1) is 12.9. The summed E-state index contributed by atoms with van der Waals surface area (Å²) in [5.41, 5.74) is 1.87. The largest absolute Gasteiger partial charge is 0.396 e. The Hall–Kier alpha value is -2.89. The first-order valence-corrected chi connectivity index (χ1v) is 8.97. The van der Waals surface area contributed by atoms with Gasteiger partial charge in [-0.15, -0.1) is 0 Å². The van der Waals surface area contributed by atoms with Crippen LogP contribution in [-0.4, -0.2) is 22.8 Å². The second-order valence-electron chi connectivity index (χ2n) is 7.36. The molecule has 2 heterocycles. The second-order valence-corrected chi connectivity index (χ2v) is 7.36. The third kappa shape index (κ3) is 2.95. The van der Waals surface area contributed by atoms with Crippen LogP contribution in [0.15, 0.2) is 41.7 Å². The van der Waals surface area contributed by atoms with Crippen LogP contribution in [0.1, 0.15) is 32.8 Å². The van der Waals surface area contributed by atoms with Crippen molar-refractivity contribution in [3.63, 3.8) is 0 Å². The number of aromatic amines is 1. The van der Waals surface area contributed by atoms with Crippen molar-refractivity contribution >= 4 is 22.3 Å². The molecule has 1 aliphatic heterocycles. The van der Waals surface area contributed by atoms with Crippen LogP contribution in [0.4, 0.5) is 14.5 Å². The average molecular weight is 369 g/mol. The number of H-pyrrole nitrogens is 1. The van der Waals surface area contributed by atoms with E-state index < -0.39 is 11.6 Å². The lowest BCUT2D eigenvalue weighted by molar-refractivity contribution is 0.157. The van der Waals surface area contributed by atoms with Crippen molar-refractivity contribution in [3.8, 4) is 11.1 Å². The number of para-hydroxylation sites is 1. The Balaban J connectivity index is 1.98. The molecule has 3 aromatic rings. The van der Waals surface area contributed by atoms with Gasteiger partial charge in [-0.2, -0.15) is 0 Å². The molecule has 1 aliphatic rings. The van der Waals surface area contributed by atoms with Crippen molar-refractivity contribution in [1.82, 2.24) is 4.98 Å². The first kappa shape index (κ1) is 17.5. The van der Waals surface area contributed by atoms with E-state index in [0.717, 1.165) is 5.39 Å². The van der Waals surface area contributed by atoms with Gasteiger partial charge in [0.2, 0.25) is 0 Å². The fourth-order valence-electron chi connectivity index (χ4n) is 3.68. The van der Waals surface area contributed by atoms with Crippen LogP contribution in [0, 0.1) is 11.6 Å². The van der Waals surface area contributed by atoms with Crippen molar-refractivity contribution in [2.45, 2.75) is 32.7 Å². The maximum atomic E-state index is 15.6. The van der Waals surface area contributed by atoms with E-state index in [-0.39, 0.29) is 16.7 Å². The molecule has 4 nitrogen and oxygen atoms in total. The Morgan fingerprint density at radius 3 is 2.78 bits per heavy atom. The summed E-state index contributed by atoms with van der Waals surface area (Å²) in [6.07, 6.45) is 2.23. The molecule has 1 aromatic heterocycles. The minimum absolute atomic E-state index is 0.0625. The van der Waals surface area contributed by atoms with Gasteiger partial charge < -0.3 is 15.1 Å². The summed E-state index contributed by atoms with van der Waals surface area (Å²) >= 11 is 0. The lowest BCUT2D eigenvalue weighted by Crippen LogP contribution is -2.39. The van der Waals surface area contributed by atoms with Crippen LogP contribution >= 0.6 is 0 Å². The zero-order valence-corrected chi connectivity index (χ0v) is 15.5. The highest BCUT2D eigenvalue weighted by Gasteiger charge is 2.34. The summed E-state index contributed by atoms with van der Waals surface area (Å²) in [7, 11) is 0. The number of benzene rings is 2. The number of rotatable bonds is 3. The predicted molar refractivity (Wildman–Crippen MR) is 104 cm³/mol. The number of aromatic nitrogens is 1. The fraction of sp³-hybridized carbons (Fsp3) is 0.286. The highest BCUT2D eigenvalue weighted by atomic mass is 19.1. The molecule has 2 aromatic carbocycles. The van der Waals surface area contributed by atoms with Crippen LogP contribution in [0.5, 0.6) is 0 Å². The van der Waals surface area contributed by atoms with Crippen molar-refractivity contribution in [2.24, 2.45) is 5.16 Å². The van der Waals surface area contributed by atoms with Crippen LogP contribution in [-0.2, 0) is 4.84 Å². The standard InChI is InChI=1S/C21H21F2N3O/c1-4-27-26-16-11-21(2,3)25-15-10-14(22)17(19(23)18(15)16)13-7-5-6-12-8-9-24-20(12)13/h5-10,24-25H,4,11H2,1-3H3/b26-16+. The maximum Gasteiger partial charge on any atom is 0.145 e. The molecule has 0 bridgehead atoms. The van der Waals surface area contributed by atoms with Gasteiger partial charge in [0, 0.05) is 29.4 Å². The molecule has 0 saturated heterocycles.